The summed E-state index contributed by atoms with van der Waals surface area (Å²) in [4.78, 5) is 13.5. The SMILES string of the molecule is CC(C)O[C@H]1CCN(C(=O)c2cn[nH]c2)C[C@H]1F. The first-order valence-electron chi connectivity index (χ1n) is 6.15. The van der Waals surface area contributed by atoms with Crippen LogP contribution in [0.15, 0.2) is 12.4 Å². The Morgan fingerprint density at radius 3 is 3.00 bits per heavy atom. The van der Waals surface area contributed by atoms with Crippen LogP contribution in [-0.2, 0) is 4.74 Å². The fourth-order valence-electron chi connectivity index (χ4n) is 2.12. The molecule has 0 saturated carbocycles. The monoisotopic (exact) mass is 255 g/mol. The quantitative estimate of drug-likeness (QED) is 0.888. The lowest BCUT2D eigenvalue weighted by Gasteiger charge is -2.35. The number of piperidine rings is 1. The summed E-state index contributed by atoms with van der Waals surface area (Å²) in [5.74, 6) is -0.186. The molecule has 1 aliphatic heterocycles. The van der Waals surface area contributed by atoms with Gasteiger partial charge in [0, 0.05) is 12.7 Å². The molecular formula is C12H18FN3O2. The van der Waals surface area contributed by atoms with Crippen LogP contribution in [0.1, 0.15) is 30.6 Å². The maximum absolute atomic E-state index is 13.9. The molecule has 0 radical (unpaired) electrons. The van der Waals surface area contributed by atoms with E-state index in [0.717, 1.165) is 0 Å². The number of amides is 1. The zero-order valence-electron chi connectivity index (χ0n) is 10.6. The van der Waals surface area contributed by atoms with E-state index in [4.69, 9.17) is 4.74 Å². The standard InChI is InChI=1S/C12H18FN3O2/c1-8(2)18-11-3-4-16(7-10(11)13)12(17)9-5-14-15-6-9/h5-6,8,10-11H,3-4,7H2,1-2H3,(H,14,15)/t10-,11+/m1/s1. The average molecular weight is 255 g/mol. The van der Waals surface area contributed by atoms with E-state index in [1.165, 1.54) is 17.3 Å². The summed E-state index contributed by atoms with van der Waals surface area (Å²) >= 11 is 0. The van der Waals surface area contributed by atoms with Gasteiger partial charge in [-0.2, -0.15) is 5.10 Å². The number of nitrogens with one attached hydrogen (secondary N) is 1. The summed E-state index contributed by atoms with van der Waals surface area (Å²) in [5.41, 5.74) is 0.463. The highest BCUT2D eigenvalue weighted by atomic mass is 19.1. The minimum Gasteiger partial charge on any atom is -0.372 e. The number of carbonyl (C=O) groups is 1. The van der Waals surface area contributed by atoms with Gasteiger partial charge in [-0.15, -0.1) is 0 Å². The van der Waals surface area contributed by atoms with Gasteiger partial charge in [-0.1, -0.05) is 0 Å². The zero-order chi connectivity index (χ0) is 13.1. The molecule has 1 fully saturated rings. The highest BCUT2D eigenvalue weighted by Crippen LogP contribution is 2.20. The van der Waals surface area contributed by atoms with Crippen molar-refractivity contribution < 1.29 is 13.9 Å². The van der Waals surface area contributed by atoms with Gasteiger partial charge in [-0.3, -0.25) is 9.89 Å². The van der Waals surface area contributed by atoms with Crippen LogP contribution in [0.2, 0.25) is 0 Å². The molecule has 5 nitrogen and oxygen atoms in total. The molecule has 1 amide bonds. The predicted molar refractivity (Wildman–Crippen MR) is 64.0 cm³/mol. The molecule has 6 heteroatoms. The Bertz CT molecular complexity index is 394. The van der Waals surface area contributed by atoms with Gasteiger partial charge in [0.05, 0.1) is 30.5 Å². The van der Waals surface area contributed by atoms with Crippen molar-refractivity contribution in [1.29, 1.82) is 0 Å². The highest BCUT2D eigenvalue weighted by molar-refractivity contribution is 5.93. The van der Waals surface area contributed by atoms with E-state index in [-0.39, 0.29) is 18.6 Å². The van der Waals surface area contributed by atoms with Crippen molar-refractivity contribution >= 4 is 5.91 Å². The summed E-state index contributed by atoms with van der Waals surface area (Å²) in [6, 6.07) is 0. The number of aromatic nitrogens is 2. The third kappa shape index (κ3) is 2.87. The molecule has 0 aliphatic carbocycles. The molecule has 1 aromatic rings. The van der Waals surface area contributed by atoms with Crippen LogP contribution in [0.3, 0.4) is 0 Å². The maximum atomic E-state index is 13.9. The summed E-state index contributed by atoms with van der Waals surface area (Å²) < 4.78 is 19.4. The van der Waals surface area contributed by atoms with Crippen LogP contribution in [0, 0.1) is 0 Å². The number of rotatable bonds is 3. The molecule has 2 rings (SSSR count). The third-order valence-corrected chi connectivity index (χ3v) is 2.96. The molecule has 100 valence electrons. The number of H-pyrrole nitrogens is 1. The lowest BCUT2D eigenvalue weighted by atomic mass is 10.0. The normalized spacial score (nSPS) is 24.6. The Kier molecular flexibility index (Phi) is 3.96. The van der Waals surface area contributed by atoms with E-state index >= 15 is 0 Å². The van der Waals surface area contributed by atoms with Gasteiger partial charge in [0.25, 0.3) is 5.91 Å². The fourth-order valence-corrected chi connectivity index (χ4v) is 2.12. The van der Waals surface area contributed by atoms with Crippen molar-refractivity contribution in [2.24, 2.45) is 0 Å². The fraction of sp³-hybridized carbons (Fsp3) is 0.667. The van der Waals surface area contributed by atoms with Crippen molar-refractivity contribution in [1.82, 2.24) is 15.1 Å². The minimum atomic E-state index is -1.13. The maximum Gasteiger partial charge on any atom is 0.257 e. The van der Waals surface area contributed by atoms with Crippen LogP contribution < -0.4 is 0 Å². The van der Waals surface area contributed by atoms with Gasteiger partial charge in [0.15, 0.2) is 0 Å². The molecule has 0 aromatic carbocycles. The molecular weight excluding hydrogens is 237 g/mol. The zero-order valence-corrected chi connectivity index (χ0v) is 10.6. The van der Waals surface area contributed by atoms with Crippen molar-refractivity contribution in [2.45, 2.75) is 38.6 Å². The highest BCUT2D eigenvalue weighted by Gasteiger charge is 2.33. The second-order valence-corrected chi connectivity index (χ2v) is 4.77. The van der Waals surface area contributed by atoms with Crippen molar-refractivity contribution in [2.75, 3.05) is 13.1 Å². The van der Waals surface area contributed by atoms with Crippen LogP contribution in [0.5, 0.6) is 0 Å². The first kappa shape index (κ1) is 13.0. The predicted octanol–water partition coefficient (Wildman–Crippen LogP) is 1.39. The van der Waals surface area contributed by atoms with Gasteiger partial charge in [0.2, 0.25) is 0 Å². The second kappa shape index (κ2) is 5.48. The van der Waals surface area contributed by atoms with Gasteiger partial charge in [-0.25, -0.2) is 4.39 Å². The molecule has 1 N–H and O–H groups in total. The molecule has 2 atom stereocenters. The first-order chi connectivity index (χ1) is 8.58. The molecule has 2 heterocycles. The Hall–Kier alpha value is -1.43. The third-order valence-electron chi connectivity index (χ3n) is 2.96. The van der Waals surface area contributed by atoms with Crippen LogP contribution in [0.25, 0.3) is 0 Å². The van der Waals surface area contributed by atoms with E-state index in [0.29, 0.717) is 18.5 Å². The van der Waals surface area contributed by atoms with E-state index in [1.54, 1.807) is 0 Å². The Morgan fingerprint density at radius 1 is 1.67 bits per heavy atom. The summed E-state index contributed by atoms with van der Waals surface area (Å²) in [6.45, 7) is 4.37. The number of alkyl halides is 1. The van der Waals surface area contributed by atoms with Crippen LogP contribution in [-0.4, -0.2) is 52.5 Å². The number of hydrogen-bond acceptors (Lipinski definition) is 3. The molecule has 0 unspecified atom stereocenters. The largest absolute Gasteiger partial charge is 0.372 e. The lowest BCUT2D eigenvalue weighted by Crippen LogP contribution is -2.48. The van der Waals surface area contributed by atoms with Gasteiger partial charge in [-0.05, 0) is 20.3 Å². The van der Waals surface area contributed by atoms with Crippen molar-refractivity contribution in [3.05, 3.63) is 18.0 Å². The van der Waals surface area contributed by atoms with Gasteiger partial charge < -0.3 is 9.64 Å². The van der Waals surface area contributed by atoms with Crippen LogP contribution >= 0.6 is 0 Å². The van der Waals surface area contributed by atoms with E-state index in [2.05, 4.69) is 10.2 Å². The van der Waals surface area contributed by atoms with E-state index in [9.17, 15) is 9.18 Å². The van der Waals surface area contributed by atoms with E-state index in [1.807, 2.05) is 13.8 Å². The number of ether oxygens (including phenoxy) is 1. The number of carbonyl (C=O) groups excluding carboxylic acids is 1. The number of hydrogen-bond donors (Lipinski definition) is 1. The topological polar surface area (TPSA) is 58.2 Å². The second-order valence-electron chi connectivity index (χ2n) is 4.77. The Balaban J connectivity index is 1.94. The molecule has 0 bridgehead atoms. The first-order valence-corrected chi connectivity index (χ1v) is 6.15. The smallest absolute Gasteiger partial charge is 0.257 e. The average Bonchev–Trinajstić information content (AvgIpc) is 2.84. The summed E-state index contributed by atoms with van der Waals surface area (Å²) in [6.07, 6.45) is 1.97. The van der Waals surface area contributed by atoms with Crippen molar-refractivity contribution in [3.8, 4) is 0 Å². The molecule has 1 saturated heterocycles. The Labute approximate surface area is 105 Å². The minimum absolute atomic E-state index is 0.00405. The lowest BCUT2D eigenvalue weighted by molar-refractivity contribution is -0.0666. The number of likely N-dealkylation sites (tertiary alicyclic amines) is 1. The number of nitrogens with zero attached hydrogens (tertiary/aromatic N) is 2. The summed E-state index contributed by atoms with van der Waals surface area (Å²) in [5, 5.41) is 6.30. The summed E-state index contributed by atoms with van der Waals surface area (Å²) in [7, 11) is 0. The van der Waals surface area contributed by atoms with Crippen LogP contribution in [0.4, 0.5) is 4.39 Å². The van der Waals surface area contributed by atoms with E-state index < -0.39 is 12.3 Å². The molecule has 0 spiro atoms. The van der Waals surface area contributed by atoms with Crippen molar-refractivity contribution in [3.63, 3.8) is 0 Å². The van der Waals surface area contributed by atoms with Gasteiger partial charge >= 0.3 is 0 Å². The molecule has 1 aliphatic rings. The number of aromatic amines is 1. The van der Waals surface area contributed by atoms with Gasteiger partial charge in [0.1, 0.15) is 6.17 Å². The number of halogens is 1. The molecule has 1 aromatic heterocycles. The Morgan fingerprint density at radius 2 is 2.44 bits per heavy atom. The molecule has 18 heavy (non-hydrogen) atoms.